The average Bonchev–Trinajstić information content (AvgIpc) is 0.769. The molecule has 7 N–H and O–H groups in total. The molecule has 1 saturated heterocycles. The summed E-state index contributed by atoms with van der Waals surface area (Å²) in [4.78, 5) is 70.4. The molecule has 31 nitrogen and oxygen atoms in total. The fourth-order valence-electron chi connectivity index (χ4n) is 11.5. The maximum absolute atomic E-state index is 14.1. The number of nitro benzene ring substituents is 1. The number of aromatic carboxylic acids is 1. The Morgan fingerprint density at radius 3 is 2.06 bits per heavy atom. The lowest BCUT2D eigenvalue weighted by atomic mass is 9.89. The van der Waals surface area contributed by atoms with E-state index in [0.717, 1.165) is 29.7 Å². The number of azo groups is 2. The topological polar surface area (TPSA) is 381 Å². The van der Waals surface area contributed by atoms with E-state index in [2.05, 4.69) is 46.7 Å². The fourth-order valence-corrected chi connectivity index (χ4v) is 11.5. The van der Waals surface area contributed by atoms with Gasteiger partial charge in [-0.15, -0.1) is 15.3 Å². The van der Waals surface area contributed by atoms with Crippen LogP contribution in [0.2, 0.25) is 0 Å². The zero-order chi connectivity index (χ0) is 74.6. The van der Waals surface area contributed by atoms with Crippen molar-refractivity contribution in [3.63, 3.8) is 0 Å². The van der Waals surface area contributed by atoms with Crippen molar-refractivity contribution in [1.82, 2.24) is 40.4 Å². The standard InChI is InChI=1S/C73H89N15O16/c1-83(2)33-11-10-15-57(76-70(93)45-17-28-53(56(37-45)72(95)96)66-54-29-26-51(84(3)4)38-60(54)103-61-39-52(85(5)6)27-30-55(61)66)71(94)75-31-13-35-87-42-48(79-82-87)43-101-44-64-67(90)68(91)69(92)73(104-64)102-36-14-32-74-65(89)16-12-34-86(7)49-22-18-46(19-23-49)77-80-58-40-63(100-9)59(41-62(58)99-8)81-78-47-20-24-50(25-21-47)88(97)98/h17-30,37-42,57,64,67-69,73,90-92H,10-16,31-36,43-44H2,1-9H3,(H3-,74,75,76,89,93,94,95,96)/p+1/t57-,64+,67+,68-,69+,73+/m0/s1. The van der Waals surface area contributed by atoms with Crippen molar-refractivity contribution in [3.05, 3.63) is 154 Å². The Morgan fingerprint density at radius 2 is 1.40 bits per heavy atom. The molecule has 0 saturated carbocycles. The van der Waals surface area contributed by atoms with Gasteiger partial charge in [-0.05, 0) is 131 Å². The van der Waals surface area contributed by atoms with Crippen molar-refractivity contribution in [2.24, 2.45) is 20.5 Å². The van der Waals surface area contributed by atoms with Gasteiger partial charge in [0, 0.05) is 124 Å². The normalized spacial score (nSPS) is 16.3. The largest absolute Gasteiger partial charge is 0.494 e. The van der Waals surface area contributed by atoms with Gasteiger partial charge in [0.1, 0.15) is 84.5 Å². The van der Waals surface area contributed by atoms with Crippen LogP contribution >= 0.6 is 0 Å². The number of carboxylic acid groups (broad SMARTS) is 1. The molecular formula is C73H90N15O16+. The van der Waals surface area contributed by atoms with Gasteiger partial charge >= 0.3 is 5.97 Å². The smallest absolute Gasteiger partial charge is 0.336 e. The summed E-state index contributed by atoms with van der Waals surface area (Å²) in [5.74, 6) is -1.13. The zero-order valence-electron chi connectivity index (χ0n) is 59.7. The van der Waals surface area contributed by atoms with Crippen molar-refractivity contribution in [1.29, 1.82) is 0 Å². The maximum atomic E-state index is 14.1. The van der Waals surface area contributed by atoms with E-state index in [4.69, 9.17) is 28.1 Å². The second-order valence-corrected chi connectivity index (χ2v) is 25.7. The minimum Gasteiger partial charge on any atom is -0.494 e. The second kappa shape index (κ2) is 37.0. The summed E-state index contributed by atoms with van der Waals surface area (Å²) in [6.07, 6.45) is -2.02. The number of hydrogen-bond acceptors (Lipinski definition) is 24. The third-order valence-electron chi connectivity index (χ3n) is 17.3. The molecule has 3 amide bonds. The van der Waals surface area contributed by atoms with Crippen molar-refractivity contribution in [2.75, 3.05) is 113 Å². The third kappa shape index (κ3) is 20.8. The van der Waals surface area contributed by atoms with Gasteiger partial charge in [0.2, 0.25) is 17.2 Å². The Balaban J connectivity index is 0.683. The number of benzene rings is 6. The number of carbonyl (C=O) groups excluding carboxylic acids is 3. The molecule has 2 aliphatic heterocycles. The van der Waals surface area contributed by atoms with E-state index in [0.29, 0.717) is 119 Å². The van der Waals surface area contributed by atoms with Crippen LogP contribution in [0.1, 0.15) is 71.4 Å². The molecule has 9 rings (SSSR count). The molecule has 1 fully saturated rings. The highest BCUT2D eigenvalue weighted by Gasteiger charge is 2.44. The molecule has 0 radical (unpaired) electrons. The summed E-state index contributed by atoms with van der Waals surface area (Å²) >= 11 is 0. The van der Waals surface area contributed by atoms with Crippen LogP contribution in [-0.4, -0.2) is 209 Å². The molecule has 552 valence electrons. The van der Waals surface area contributed by atoms with Crippen molar-refractivity contribution in [2.45, 2.75) is 94.8 Å². The highest BCUT2D eigenvalue weighted by atomic mass is 16.7. The Kier molecular flexibility index (Phi) is 27.5. The number of carboxylic acids is 1. The van der Waals surface area contributed by atoms with Gasteiger partial charge in [0.15, 0.2) is 6.29 Å². The number of nitro groups is 1. The molecule has 31 heteroatoms. The molecule has 3 heterocycles. The number of nitrogens with zero attached hydrogens (tertiary/aromatic N) is 12. The Bertz CT molecular complexity index is 4370. The predicted octanol–water partition coefficient (Wildman–Crippen LogP) is 8.15. The number of carbonyl (C=O) groups is 4. The van der Waals surface area contributed by atoms with Crippen LogP contribution in [0.3, 0.4) is 0 Å². The third-order valence-corrected chi connectivity index (χ3v) is 17.3. The van der Waals surface area contributed by atoms with E-state index in [-0.39, 0.29) is 62.1 Å². The molecule has 104 heavy (non-hydrogen) atoms. The van der Waals surface area contributed by atoms with Crippen LogP contribution in [-0.2, 0) is 37.0 Å². The van der Waals surface area contributed by atoms with Gasteiger partial charge in [0.05, 0.1) is 68.2 Å². The van der Waals surface area contributed by atoms with E-state index >= 15 is 0 Å². The van der Waals surface area contributed by atoms with Crippen molar-refractivity contribution >= 4 is 74.5 Å². The quantitative estimate of drug-likeness (QED) is 0.00486. The second-order valence-electron chi connectivity index (χ2n) is 25.7. The molecule has 6 atom stereocenters. The SMILES string of the molecule is COc1cc(N=Nc2ccc([N+](=O)[O-])cc2)c(OC)cc1N=Nc1ccc(N(C)CCCC(=O)NCCCO[C@@H]2O[C@H](COCc3cn(CCCNC(=O)[C@H](CCCCN(C)C)NC(=O)c4ccc(-c5c6ccc(=[N+](C)C)cc-6oc6cc(N(C)C)ccc56)c(C(=O)O)c4)nn3)[C@@H](O)[C@H](O)[C@H]2O)cc1. The predicted molar refractivity (Wildman–Crippen MR) is 388 cm³/mol. The Morgan fingerprint density at radius 1 is 0.731 bits per heavy atom. The maximum Gasteiger partial charge on any atom is 0.336 e. The van der Waals surface area contributed by atoms with E-state index in [1.54, 1.807) is 47.3 Å². The first-order chi connectivity index (χ1) is 50.0. The molecule has 0 bridgehead atoms. The zero-order valence-corrected chi connectivity index (χ0v) is 59.7. The molecule has 6 aromatic rings. The number of aliphatic hydroxyl groups is 3. The number of hydrogen-bond donors (Lipinski definition) is 7. The number of rotatable bonds is 36. The fraction of sp³-hybridized carbons (Fsp3) is 0.411. The lowest BCUT2D eigenvalue weighted by molar-refractivity contribution is -0.384. The molecule has 5 aromatic carbocycles. The number of nitrogens with one attached hydrogen (secondary N) is 3. The van der Waals surface area contributed by atoms with Crippen LogP contribution < -0.4 is 45.2 Å². The van der Waals surface area contributed by atoms with Crippen molar-refractivity contribution < 1.29 is 72.6 Å². The van der Waals surface area contributed by atoms with Gasteiger partial charge < -0.3 is 79.2 Å². The minimum atomic E-state index is -1.60. The summed E-state index contributed by atoms with van der Waals surface area (Å²) in [6, 6.07) is 31.3. The number of ether oxygens (including phenoxy) is 5. The number of unbranched alkanes of at least 4 members (excludes halogenated alkanes) is 1. The Hall–Kier alpha value is -10.7. The summed E-state index contributed by atoms with van der Waals surface area (Å²) in [5, 5.41) is 89.7. The summed E-state index contributed by atoms with van der Waals surface area (Å²) in [6.45, 7) is 2.03. The lowest BCUT2D eigenvalue weighted by Gasteiger charge is -2.40. The average molecular weight is 1430 g/mol. The minimum absolute atomic E-state index is 0.0389. The van der Waals surface area contributed by atoms with E-state index in [9.17, 15) is 49.7 Å². The number of anilines is 2. The molecule has 1 aromatic heterocycles. The van der Waals surface area contributed by atoms with Crippen LogP contribution in [0.5, 0.6) is 11.5 Å². The summed E-state index contributed by atoms with van der Waals surface area (Å²) in [7, 11) is 16.5. The first-order valence-corrected chi connectivity index (χ1v) is 34.0. The van der Waals surface area contributed by atoms with Gasteiger partial charge in [-0.1, -0.05) is 11.3 Å². The summed E-state index contributed by atoms with van der Waals surface area (Å²) < 4.78 is 38.5. The molecular weight excluding hydrogens is 1340 g/mol. The number of aromatic nitrogens is 3. The number of fused-ring (bicyclic) bond motifs is 2. The van der Waals surface area contributed by atoms with Gasteiger partial charge in [-0.3, -0.25) is 29.2 Å². The number of amides is 3. The number of aliphatic hydroxyl groups excluding tert-OH is 3. The van der Waals surface area contributed by atoms with E-state index in [1.165, 1.54) is 44.6 Å². The lowest BCUT2D eigenvalue weighted by Crippen LogP contribution is -2.59. The van der Waals surface area contributed by atoms with Gasteiger partial charge in [0.25, 0.3) is 11.6 Å². The number of methoxy groups -OCH3 is 2. The Labute approximate surface area is 600 Å². The van der Waals surface area contributed by atoms with Crippen LogP contribution in [0.4, 0.5) is 39.8 Å². The molecule has 1 aliphatic carbocycles. The first-order valence-electron chi connectivity index (χ1n) is 34.0. The van der Waals surface area contributed by atoms with Gasteiger partial charge in [-0.25, -0.2) is 9.37 Å². The number of non-ortho nitro benzene ring substituents is 1. The van der Waals surface area contributed by atoms with Crippen LogP contribution in [0.25, 0.3) is 33.4 Å². The molecule has 0 spiro atoms. The van der Waals surface area contributed by atoms with E-state index < -0.39 is 59.5 Å². The number of aryl methyl sites for hydroxylation is 1. The summed E-state index contributed by atoms with van der Waals surface area (Å²) in [5.41, 5.74) is 6.12. The molecule has 3 aliphatic rings. The monoisotopic (exact) mass is 1430 g/mol. The van der Waals surface area contributed by atoms with Crippen LogP contribution in [0.15, 0.2) is 146 Å². The molecule has 0 unspecified atom stereocenters. The van der Waals surface area contributed by atoms with E-state index in [1.807, 2.05) is 117 Å². The highest BCUT2D eigenvalue weighted by molar-refractivity contribution is 6.09. The van der Waals surface area contributed by atoms with Crippen LogP contribution in [0, 0.1) is 10.1 Å². The van der Waals surface area contributed by atoms with Crippen molar-refractivity contribution in [3.8, 4) is 33.9 Å². The van der Waals surface area contributed by atoms with Gasteiger partial charge in [-0.2, -0.15) is 10.2 Å². The highest BCUT2D eigenvalue weighted by Crippen LogP contribution is 2.44. The first kappa shape index (κ1) is 77.5.